The van der Waals surface area contributed by atoms with Crippen LogP contribution in [0, 0.1) is 0 Å². The molecule has 3 aliphatic rings. The van der Waals surface area contributed by atoms with Gasteiger partial charge in [0.25, 0.3) is 0 Å². The Hall–Kier alpha value is -2.21. The Morgan fingerprint density at radius 1 is 1.44 bits per heavy atom. The van der Waals surface area contributed by atoms with Crippen molar-refractivity contribution in [3.8, 4) is 11.5 Å². The van der Waals surface area contributed by atoms with Crippen LogP contribution in [0.3, 0.4) is 0 Å². The fraction of sp³-hybridized carbons (Fsp3) is 0.571. The fourth-order valence-corrected chi connectivity index (χ4v) is 4.56. The zero-order valence-corrected chi connectivity index (χ0v) is 16.3. The summed E-state index contributed by atoms with van der Waals surface area (Å²) in [5.41, 5.74) is 2.36. The van der Waals surface area contributed by atoms with Gasteiger partial charge in [-0.2, -0.15) is 0 Å². The third-order valence-corrected chi connectivity index (χ3v) is 5.91. The van der Waals surface area contributed by atoms with Crippen LogP contribution in [-0.2, 0) is 16.7 Å². The SMILES string of the molecule is CCCNC(=O)O[C@H]1C=C[C@@]23CCN(C)Cc4ccc(OC)c(c42)O[C@H]3C1. The van der Waals surface area contributed by atoms with E-state index in [0.717, 1.165) is 37.4 Å². The van der Waals surface area contributed by atoms with Crippen molar-refractivity contribution >= 4 is 6.09 Å². The smallest absolute Gasteiger partial charge is 0.407 e. The molecule has 0 fully saturated rings. The maximum atomic E-state index is 12.0. The molecule has 6 heteroatoms. The van der Waals surface area contributed by atoms with E-state index < -0.39 is 0 Å². The van der Waals surface area contributed by atoms with Crippen LogP contribution in [0.15, 0.2) is 24.3 Å². The first-order valence-corrected chi connectivity index (χ1v) is 9.76. The van der Waals surface area contributed by atoms with Crippen LogP contribution < -0.4 is 14.8 Å². The van der Waals surface area contributed by atoms with Crippen LogP contribution in [-0.4, -0.2) is 50.4 Å². The second kappa shape index (κ2) is 7.08. The van der Waals surface area contributed by atoms with Gasteiger partial charge in [0.15, 0.2) is 11.5 Å². The second-order valence-electron chi connectivity index (χ2n) is 7.73. The molecule has 6 nitrogen and oxygen atoms in total. The first-order chi connectivity index (χ1) is 13.1. The molecular weight excluding hydrogens is 344 g/mol. The van der Waals surface area contributed by atoms with Gasteiger partial charge in [0.05, 0.1) is 12.5 Å². The highest BCUT2D eigenvalue weighted by atomic mass is 16.6. The van der Waals surface area contributed by atoms with Crippen LogP contribution in [0.4, 0.5) is 4.79 Å². The van der Waals surface area contributed by atoms with E-state index >= 15 is 0 Å². The van der Waals surface area contributed by atoms with Gasteiger partial charge in [-0.25, -0.2) is 4.79 Å². The normalized spacial score (nSPS) is 28.6. The molecular formula is C21H28N2O4. The number of methoxy groups -OCH3 is 1. The van der Waals surface area contributed by atoms with Crippen molar-refractivity contribution in [3.63, 3.8) is 0 Å². The van der Waals surface area contributed by atoms with Gasteiger partial charge in [0.1, 0.15) is 12.2 Å². The number of carbonyl (C=O) groups is 1. The molecule has 0 radical (unpaired) electrons. The number of hydrogen-bond acceptors (Lipinski definition) is 5. The van der Waals surface area contributed by atoms with Crippen molar-refractivity contribution in [2.24, 2.45) is 0 Å². The molecule has 1 aliphatic carbocycles. The van der Waals surface area contributed by atoms with Gasteiger partial charge in [0, 0.05) is 25.1 Å². The van der Waals surface area contributed by atoms with Crippen molar-refractivity contribution < 1.29 is 19.0 Å². The molecule has 0 aromatic heterocycles. The predicted octanol–water partition coefficient (Wildman–Crippen LogP) is 2.99. The highest BCUT2D eigenvalue weighted by Crippen LogP contribution is 2.55. The molecule has 0 saturated heterocycles. The third kappa shape index (κ3) is 3.06. The van der Waals surface area contributed by atoms with Gasteiger partial charge in [-0.15, -0.1) is 0 Å². The predicted molar refractivity (Wildman–Crippen MR) is 102 cm³/mol. The number of benzene rings is 1. The number of nitrogens with one attached hydrogen (secondary N) is 1. The van der Waals surface area contributed by atoms with Crippen molar-refractivity contribution in [1.82, 2.24) is 10.2 Å². The Morgan fingerprint density at radius 3 is 3.07 bits per heavy atom. The van der Waals surface area contributed by atoms with E-state index in [9.17, 15) is 4.79 Å². The van der Waals surface area contributed by atoms with E-state index in [-0.39, 0.29) is 23.7 Å². The monoisotopic (exact) mass is 372 g/mol. The quantitative estimate of drug-likeness (QED) is 0.824. The molecule has 27 heavy (non-hydrogen) atoms. The minimum absolute atomic E-state index is 0.0528. The number of amides is 1. The van der Waals surface area contributed by atoms with Gasteiger partial charge < -0.3 is 24.4 Å². The molecule has 146 valence electrons. The van der Waals surface area contributed by atoms with E-state index in [4.69, 9.17) is 14.2 Å². The van der Waals surface area contributed by atoms with Crippen molar-refractivity contribution in [1.29, 1.82) is 0 Å². The van der Waals surface area contributed by atoms with Crippen molar-refractivity contribution in [3.05, 3.63) is 35.4 Å². The summed E-state index contributed by atoms with van der Waals surface area (Å²) in [5.74, 6) is 1.63. The molecule has 1 aromatic carbocycles. The molecule has 1 N–H and O–H groups in total. The number of nitrogens with zero attached hydrogens (tertiary/aromatic N) is 1. The highest BCUT2D eigenvalue weighted by molar-refractivity contribution is 5.67. The summed E-state index contributed by atoms with van der Waals surface area (Å²) in [6.45, 7) is 4.53. The lowest BCUT2D eigenvalue weighted by molar-refractivity contribution is 0.0606. The van der Waals surface area contributed by atoms with Crippen LogP contribution in [0.2, 0.25) is 0 Å². The van der Waals surface area contributed by atoms with Gasteiger partial charge in [-0.05, 0) is 44.1 Å². The minimum Gasteiger partial charge on any atom is -0.493 e. The molecule has 1 spiro atoms. The van der Waals surface area contributed by atoms with Crippen LogP contribution in [0.1, 0.15) is 37.3 Å². The lowest BCUT2D eigenvalue weighted by atomic mass is 9.69. The van der Waals surface area contributed by atoms with Gasteiger partial charge in [-0.3, -0.25) is 0 Å². The molecule has 1 aromatic rings. The Bertz CT molecular complexity index is 763. The van der Waals surface area contributed by atoms with Crippen molar-refractivity contribution in [2.75, 3.05) is 27.2 Å². The number of alkyl carbamates (subject to hydrolysis) is 1. The summed E-state index contributed by atoms with van der Waals surface area (Å²) in [5, 5.41) is 2.77. The van der Waals surface area contributed by atoms with Crippen LogP contribution >= 0.6 is 0 Å². The zero-order valence-electron chi connectivity index (χ0n) is 16.3. The van der Waals surface area contributed by atoms with E-state index in [1.807, 2.05) is 19.1 Å². The average Bonchev–Trinajstić information content (AvgIpc) is 2.92. The number of ether oxygens (including phenoxy) is 3. The molecule has 0 unspecified atom stereocenters. The topological polar surface area (TPSA) is 60.0 Å². The molecule has 0 bridgehead atoms. The number of carbonyl (C=O) groups excluding carboxylic acids is 1. The first-order valence-electron chi connectivity index (χ1n) is 9.76. The second-order valence-corrected chi connectivity index (χ2v) is 7.73. The van der Waals surface area contributed by atoms with E-state index in [0.29, 0.717) is 13.0 Å². The Morgan fingerprint density at radius 2 is 2.30 bits per heavy atom. The molecule has 4 rings (SSSR count). The minimum atomic E-state index is -0.364. The Labute approximate surface area is 160 Å². The maximum absolute atomic E-state index is 12.0. The highest BCUT2D eigenvalue weighted by Gasteiger charge is 2.53. The van der Waals surface area contributed by atoms with Crippen molar-refractivity contribution in [2.45, 2.75) is 50.4 Å². The largest absolute Gasteiger partial charge is 0.493 e. The summed E-state index contributed by atoms with van der Waals surface area (Å²) in [7, 11) is 3.83. The summed E-state index contributed by atoms with van der Waals surface area (Å²) in [6.07, 6.45) is 6.07. The standard InChI is InChI=1S/C21H28N2O4/c1-4-10-22-20(24)26-15-7-8-21-9-11-23(2)13-14-5-6-16(25-3)19(18(14)21)27-17(21)12-15/h5-8,15,17H,4,9-13H2,1-3H3,(H,22,24)/t15-,17-,21-/m0/s1. The Balaban J connectivity index is 1.66. The van der Waals surface area contributed by atoms with E-state index in [1.54, 1.807) is 7.11 Å². The molecule has 3 atom stereocenters. The molecule has 0 saturated carbocycles. The van der Waals surface area contributed by atoms with Gasteiger partial charge >= 0.3 is 6.09 Å². The summed E-state index contributed by atoms with van der Waals surface area (Å²) < 4.78 is 17.6. The van der Waals surface area contributed by atoms with E-state index in [2.05, 4.69) is 29.4 Å². The van der Waals surface area contributed by atoms with Gasteiger partial charge in [-0.1, -0.05) is 19.1 Å². The van der Waals surface area contributed by atoms with Gasteiger partial charge in [0.2, 0.25) is 0 Å². The summed E-state index contributed by atoms with van der Waals surface area (Å²) in [4.78, 5) is 14.3. The van der Waals surface area contributed by atoms with Crippen LogP contribution in [0.5, 0.6) is 11.5 Å². The van der Waals surface area contributed by atoms with Crippen LogP contribution in [0.25, 0.3) is 0 Å². The third-order valence-electron chi connectivity index (χ3n) is 5.91. The fourth-order valence-electron chi connectivity index (χ4n) is 4.56. The lowest BCUT2D eigenvalue weighted by Crippen LogP contribution is -2.44. The molecule has 2 aliphatic heterocycles. The lowest BCUT2D eigenvalue weighted by Gasteiger charge is -2.36. The Kier molecular flexibility index (Phi) is 4.76. The van der Waals surface area contributed by atoms with E-state index in [1.165, 1.54) is 11.1 Å². The molecule has 1 amide bonds. The molecule has 2 heterocycles. The maximum Gasteiger partial charge on any atom is 0.407 e. The summed E-state index contributed by atoms with van der Waals surface area (Å²) in [6, 6.07) is 4.15. The first kappa shape index (κ1) is 18.2. The number of hydrogen-bond donors (Lipinski definition) is 1. The average molecular weight is 372 g/mol. The zero-order chi connectivity index (χ0) is 19.0. The summed E-state index contributed by atoms with van der Waals surface area (Å²) >= 11 is 0. The number of rotatable bonds is 4.